The lowest BCUT2D eigenvalue weighted by atomic mass is 10.4. The maximum Gasteiger partial charge on any atom is 0.309 e. The van der Waals surface area contributed by atoms with E-state index in [0.29, 0.717) is 4.88 Å². The number of nitrogens with zero attached hydrogens (tertiary/aromatic N) is 3. The van der Waals surface area contributed by atoms with Gasteiger partial charge in [-0.1, -0.05) is 4.49 Å². The molecular weight excluding hydrogens is 166 g/mol. The van der Waals surface area contributed by atoms with Gasteiger partial charge in [-0.15, -0.1) is 10.1 Å². The molecule has 0 atom stereocenters. The molecule has 1 amide bonds. The van der Waals surface area contributed by atoms with Crippen molar-refractivity contribution in [2.24, 2.45) is 4.99 Å². The Morgan fingerprint density at radius 3 is 2.91 bits per heavy atom. The van der Waals surface area contributed by atoms with Crippen molar-refractivity contribution in [1.29, 1.82) is 0 Å². The van der Waals surface area contributed by atoms with Crippen molar-refractivity contribution >= 4 is 23.5 Å². The monoisotopic (exact) mass is 169 g/mol. The molecule has 0 saturated carbocycles. The lowest BCUT2D eigenvalue weighted by molar-refractivity contribution is 0.0997. The van der Waals surface area contributed by atoms with Gasteiger partial charge in [-0.25, -0.2) is 4.79 Å². The number of carbonyl (C=O) groups is 1. The van der Waals surface area contributed by atoms with E-state index in [1.54, 1.807) is 6.92 Å². The summed E-state index contributed by atoms with van der Waals surface area (Å²) in [6, 6.07) is 0. The molecule has 0 spiro atoms. The molecule has 0 unspecified atom stereocenters. The predicted molar refractivity (Wildman–Crippen MR) is 37.1 cm³/mol. The molecule has 56 valence electrons. The minimum Gasteiger partial charge on any atom is -0.264 e. The Morgan fingerprint density at radius 1 is 1.73 bits per heavy atom. The van der Waals surface area contributed by atoms with Crippen molar-refractivity contribution in [3.8, 4) is 0 Å². The van der Waals surface area contributed by atoms with E-state index in [1.165, 1.54) is 0 Å². The molecule has 0 saturated heterocycles. The SMILES string of the molecule is Cc1snnc1C(=O)N=C=O. The lowest BCUT2D eigenvalue weighted by Gasteiger charge is -1.83. The molecular formula is C5H3N3O2S. The number of rotatable bonds is 1. The molecule has 0 aliphatic heterocycles. The Bertz CT molecular complexity index is 326. The fraction of sp³-hybridized carbons (Fsp3) is 0.200. The average Bonchev–Trinajstić information content (AvgIpc) is 2.36. The Kier molecular flexibility index (Phi) is 2.20. The average molecular weight is 169 g/mol. The summed E-state index contributed by atoms with van der Waals surface area (Å²) >= 11 is 1.09. The standard InChI is InChI=1S/C5H3N3O2S/c1-3-4(7-8-11-3)5(10)6-2-9/h1H3. The van der Waals surface area contributed by atoms with Crippen LogP contribution in [0.25, 0.3) is 0 Å². The van der Waals surface area contributed by atoms with Crippen molar-refractivity contribution < 1.29 is 9.59 Å². The molecule has 0 aliphatic rings. The summed E-state index contributed by atoms with van der Waals surface area (Å²) in [6.45, 7) is 1.68. The van der Waals surface area contributed by atoms with Crippen molar-refractivity contribution in [3.63, 3.8) is 0 Å². The third-order valence-electron chi connectivity index (χ3n) is 1.00. The van der Waals surface area contributed by atoms with Gasteiger partial charge >= 0.3 is 5.91 Å². The largest absolute Gasteiger partial charge is 0.309 e. The van der Waals surface area contributed by atoms with E-state index >= 15 is 0 Å². The highest BCUT2D eigenvalue weighted by atomic mass is 32.1. The maximum absolute atomic E-state index is 10.8. The zero-order chi connectivity index (χ0) is 8.27. The highest BCUT2D eigenvalue weighted by Crippen LogP contribution is 2.08. The second-order valence-corrected chi connectivity index (χ2v) is 2.64. The van der Waals surface area contributed by atoms with E-state index in [4.69, 9.17) is 0 Å². The predicted octanol–water partition coefficient (Wildman–Crippen LogP) is 0.323. The van der Waals surface area contributed by atoms with Crippen LogP contribution in [0.15, 0.2) is 4.99 Å². The van der Waals surface area contributed by atoms with E-state index < -0.39 is 5.91 Å². The number of aromatic nitrogens is 2. The second-order valence-electron chi connectivity index (χ2n) is 1.69. The van der Waals surface area contributed by atoms with Gasteiger partial charge in [0.1, 0.15) is 0 Å². The molecule has 0 fully saturated rings. The number of carbonyl (C=O) groups excluding carboxylic acids is 2. The quantitative estimate of drug-likeness (QED) is 0.448. The number of aliphatic imine (C=N–C) groups is 1. The fourth-order valence-corrected chi connectivity index (χ4v) is 0.983. The minimum absolute atomic E-state index is 0.123. The third-order valence-corrected chi connectivity index (χ3v) is 1.63. The highest BCUT2D eigenvalue weighted by Gasteiger charge is 2.11. The van der Waals surface area contributed by atoms with Crippen LogP contribution in [0.4, 0.5) is 0 Å². The molecule has 11 heavy (non-hydrogen) atoms. The molecule has 0 aromatic carbocycles. The first kappa shape index (κ1) is 7.71. The number of isocyanates is 1. The summed E-state index contributed by atoms with van der Waals surface area (Å²) in [5.41, 5.74) is 0.123. The van der Waals surface area contributed by atoms with Gasteiger partial charge in [-0.2, -0.15) is 0 Å². The van der Waals surface area contributed by atoms with Gasteiger partial charge in [0.2, 0.25) is 6.08 Å². The van der Waals surface area contributed by atoms with Crippen LogP contribution in [0.5, 0.6) is 0 Å². The third kappa shape index (κ3) is 1.54. The first-order valence-corrected chi connectivity index (χ1v) is 3.44. The van der Waals surface area contributed by atoms with Crippen LogP contribution >= 0.6 is 11.5 Å². The zero-order valence-electron chi connectivity index (χ0n) is 5.57. The van der Waals surface area contributed by atoms with Crippen molar-refractivity contribution in [3.05, 3.63) is 10.6 Å². The number of amides is 1. The first-order chi connectivity index (χ1) is 5.25. The Labute approximate surface area is 65.9 Å². The summed E-state index contributed by atoms with van der Waals surface area (Å²) in [5.74, 6) is -0.689. The minimum atomic E-state index is -0.689. The molecule has 0 aliphatic carbocycles. The van der Waals surface area contributed by atoms with Crippen LogP contribution in [0.3, 0.4) is 0 Å². The van der Waals surface area contributed by atoms with Gasteiger partial charge in [0.05, 0.1) is 4.88 Å². The summed E-state index contributed by atoms with van der Waals surface area (Å²) in [4.78, 5) is 24.0. The molecule has 1 aromatic rings. The smallest absolute Gasteiger partial charge is 0.264 e. The van der Waals surface area contributed by atoms with Gasteiger partial charge in [-0.3, -0.25) is 4.79 Å². The van der Waals surface area contributed by atoms with Crippen molar-refractivity contribution in [2.45, 2.75) is 6.92 Å². The summed E-state index contributed by atoms with van der Waals surface area (Å²) in [6.07, 6.45) is 1.15. The van der Waals surface area contributed by atoms with Crippen LogP contribution in [-0.4, -0.2) is 21.6 Å². The Balaban J connectivity index is 3.02. The topological polar surface area (TPSA) is 72.3 Å². The number of hydrogen-bond acceptors (Lipinski definition) is 5. The van der Waals surface area contributed by atoms with Gasteiger partial charge in [0.15, 0.2) is 5.69 Å². The number of aryl methyl sites for hydroxylation is 1. The summed E-state index contributed by atoms with van der Waals surface area (Å²) < 4.78 is 3.51. The summed E-state index contributed by atoms with van der Waals surface area (Å²) in [5, 5.41) is 3.48. The van der Waals surface area contributed by atoms with Gasteiger partial charge in [0.25, 0.3) is 0 Å². The Hall–Kier alpha value is -1.39. The molecule has 0 bridgehead atoms. The molecule has 1 rings (SSSR count). The lowest BCUT2D eigenvalue weighted by Crippen LogP contribution is -1.96. The molecule has 6 heteroatoms. The van der Waals surface area contributed by atoms with Crippen molar-refractivity contribution in [2.75, 3.05) is 0 Å². The van der Waals surface area contributed by atoms with Crippen LogP contribution < -0.4 is 0 Å². The highest BCUT2D eigenvalue weighted by molar-refractivity contribution is 7.05. The van der Waals surface area contributed by atoms with Crippen LogP contribution in [0.1, 0.15) is 15.4 Å². The molecule has 1 aromatic heterocycles. The van der Waals surface area contributed by atoms with Gasteiger partial charge in [0, 0.05) is 0 Å². The normalized spacial score (nSPS) is 8.82. The van der Waals surface area contributed by atoms with Gasteiger partial charge < -0.3 is 0 Å². The molecule has 5 nitrogen and oxygen atoms in total. The van der Waals surface area contributed by atoms with E-state index in [0.717, 1.165) is 17.6 Å². The summed E-state index contributed by atoms with van der Waals surface area (Å²) in [7, 11) is 0. The van der Waals surface area contributed by atoms with Gasteiger partial charge in [-0.05, 0) is 18.5 Å². The second kappa shape index (κ2) is 3.14. The van der Waals surface area contributed by atoms with E-state index in [9.17, 15) is 9.59 Å². The van der Waals surface area contributed by atoms with Crippen molar-refractivity contribution in [1.82, 2.24) is 9.59 Å². The van der Waals surface area contributed by atoms with Crippen LogP contribution in [0, 0.1) is 6.92 Å². The van der Waals surface area contributed by atoms with E-state index in [1.807, 2.05) is 0 Å². The molecule has 0 N–H and O–H groups in total. The van der Waals surface area contributed by atoms with Crippen LogP contribution in [-0.2, 0) is 4.79 Å². The Morgan fingerprint density at radius 2 is 2.45 bits per heavy atom. The molecule has 1 heterocycles. The zero-order valence-corrected chi connectivity index (χ0v) is 6.38. The first-order valence-electron chi connectivity index (χ1n) is 2.67. The van der Waals surface area contributed by atoms with E-state index in [2.05, 4.69) is 14.6 Å². The fourth-order valence-electron chi connectivity index (χ4n) is 0.524. The van der Waals surface area contributed by atoms with E-state index in [-0.39, 0.29) is 5.69 Å². The molecule has 0 radical (unpaired) electrons. The maximum atomic E-state index is 10.8. The number of hydrogen-bond donors (Lipinski definition) is 0. The van der Waals surface area contributed by atoms with Crippen LogP contribution in [0.2, 0.25) is 0 Å².